The molecule has 2 aromatic carbocycles. The number of fused-ring (bicyclic) bond motifs is 1. The third kappa shape index (κ3) is 3.82. The minimum Gasteiger partial charge on any atom is -0.493 e. The van der Waals surface area contributed by atoms with Gasteiger partial charge in [0.2, 0.25) is 5.88 Å². The summed E-state index contributed by atoms with van der Waals surface area (Å²) in [6.07, 6.45) is 4.58. The fourth-order valence-corrected chi connectivity index (χ4v) is 5.09. The number of halogens is 1. The van der Waals surface area contributed by atoms with Gasteiger partial charge in [0.25, 0.3) is 0 Å². The molecule has 2 heterocycles. The molecule has 33 heavy (non-hydrogen) atoms. The van der Waals surface area contributed by atoms with Crippen LogP contribution in [-0.4, -0.2) is 43.9 Å². The molecule has 1 aliphatic carbocycles. The molecular formula is C22H22FN5O4S. The van der Waals surface area contributed by atoms with E-state index in [2.05, 4.69) is 10.3 Å². The van der Waals surface area contributed by atoms with Gasteiger partial charge in [0.15, 0.2) is 9.84 Å². The standard InChI is InChI=1S/C22H22FN5O4S/c1-26-19(29)12-27(22(26)30)11-15-6-5-14(9-17(15)23)16-7-8-18-20(21(16)33(2,31)32)24-25-28(18)10-13-3-4-13/h5-9,12-13,29H,3-4,10-11H2,1-2H3. The quantitative estimate of drug-likeness (QED) is 0.462. The minimum atomic E-state index is -3.70. The van der Waals surface area contributed by atoms with E-state index in [9.17, 15) is 22.7 Å². The Morgan fingerprint density at radius 1 is 1.21 bits per heavy atom. The van der Waals surface area contributed by atoms with Crippen molar-refractivity contribution in [1.82, 2.24) is 24.1 Å². The highest BCUT2D eigenvalue weighted by Crippen LogP contribution is 2.35. The van der Waals surface area contributed by atoms with Crippen LogP contribution < -0.4 is 5.69 Å². The van der Waals surface area contributed by atoms with Gasteiger partial charge < -0.3 is 5.11 Å². The van der Waals surface area contributed by atoms with Gasteiger partial charge in [-0.25, -0.2) is 22.3 Å². The summed E-state index contributed by atoms with van der Waals surface area (Å²) >= 11 is 0. The summed E-state index contributed by atoms with van der Waals surface area (Å²) in [7, 11) is -2.29. The van der Waals surface area contributed by atoms with E-state index in [4.69, 9.17) is 0 Å². The average Bonchev–Trinajstić information content (AvgIpc) is 3.44. The molecule has 0 unspecified atom stereocenters. The van der Waals surface area contributed by atoms with Crippen LogP contribution >= 0.6 is 0 Å². The van der Waals surface area contributed by atoms with Gasteiger partial charge in [-0.3, -0.25) is 9.13 Å². The highest BCUT2D eigenvalue weighted by Gasteiger charge is 2.26. The van der Waals surface area contributed by atoms with E-state index in [-0.39, 0.29) is 28.4 Å². The van der Waals surface area contributed by atoms with Crippen molar-refractivity contribution in [3.05, 3.63) is 58.4 Å². The Kier molecular flexibility index (Phi) is 4.89. The molecule has 172 valence electrons. The van der Waals surface area contributed by atoms with E-state index in [1.54, 1.807) is 22.9 Å². The van der Waals surface area contributed by atoms with Crippen LogP contribution in [-0.2, 0) is 30.0 Å². The lowest BCUT2D eigenvalue weighted by atomic mass is 10.0. The zero-order valence-electron chi connectivity index (χ0n) is 18.1. The molecule has 0 bridgehead atoms. The largest absolute Gasteiger partial charge is 0.493 e. The van der Waals surface area contributed by atoms with Gasteiger partial charge in [-0.15, -0.1) is 5.10 Å². The molecule has 0 atom stereocenters. The number of rotatable bonds is 6. The molecule has 4 aromatic rings. The molecule has 1 N–H and O–H groups in total. The predicted molar refractivity (Wildman–Crippen MR) is 119 cm³/mol. The van der Waals surface area contributed by atoms with Crippen LogP contribution in [0.3, 0.4) is 0 Å². The second-order valence-corrected chi connectivity index (χ2v) is 10.5. The first kappa shape index (κ1) is 21.4. The zero-order valence-corrected chi connectivity index (χ0v) is 18.9. The smallest absolute Gasteiger partial charge is 0.331 e. The summed E-state index contributed by atoms with van der Waals surface area (Å²) in [5, 5.41) is 18.0. The van der Waals surface area contributed by atoms with Crippen LogP contribution in [0.25, 0.3) is 22.2 Å². The number of aromatic nitrogens is 5. The highest BCUT2D eigenvalue weighted by molar-refractivity contribution is 7.91. The fourth-order valence-electron chi connectivity index (χ4n) is 4.01. The Morgan fingerprint density at radius 2 is 1.97 bits per heavy atom. The molecule has 11 heteroatoms. The van der Waals surface area contributed by atoms with Crippen molar-refractivity contribution in [3.63, 3.8) is 0 Å². The summed E-state index contributed by atoms with van der Waals surface area (Å²) in [6.45, 7) is 0.615. The Morgan fingerprint density at radius 3 is 2.58 bits per heavy atom. The second kappa shape index (κ2) is 7.55. The fraction of sp³-hybridized carbons (Fsp3) is 0.318. The number of sulfone groups is 1. The Bertz CT molecular complexity index is 1560. The van der Waals surface area contributed by atoms with Crippen LogP contribution in [0, 0.1) is 11.7 Å². The monoisotopic (exact) mass is 471 g/mol. The van der Waals surface area contributed by atoms with E-state index in [1.807, 2.05) is 0 Å². The van der Waals surface area contributed by atoms with Gasteiger partial charge in [-0.2, -0.15) is 0 Å². The van der Waals surface area contributed by atoms with Crippen LogP contribution in [0.4, 0.5) is 4.39 Å². The maximum absolute atomic E-state index is 15.0. The third-order valence-corrected chi connectivity index (χ3v) is 7.15. The molecule has 1 fully saturated rings. The van der Waals surface area contributed by atoms with E-state index in [0.717, 1.165) is 23.7 Å². The molecule has 5 rings (SSSR count). The molecule has 0 spiro atoms. The molecule has 2 aromatic heterocycles. The highest BCUT2D eigenvalue weighted by atomic mass is 32.2. The summed E-state index contributed by atoms with van der Waals surface area (Å²) in [6, 6.07) is 7.77. The first-order valence-electron chi connectivity index (χ1n) is 10.4. The Labute approximate surface area is 188 Å². The van der Waals surface area contributed by atoms with Crippen molar-refractivity contribution in [2.45, 2.75) is 30.8 Å². The van der Waals surface area contributed by atoms with Crippen LogP contribution in [0.5, 0.6) is 5.88 Å². The lowest BCUT2D eigenvalue weighted by molar-refractivity contribution is 0.429. The van der Waals surface area contributed by atoms with Crippen molar-refractivity contribution in [1.29, 1.82) is 0 Å². The average molecular weight is 472 g/mol. The molecule has 0 saturated heterocycles. The van der Waals surface area contributed by atoms with E-state index < -0.39 is 21.3 Å². The summed E-state index contributed by atoms with van der Waals surface area (Å²) in [5.74, 6) is -0.283. The molecule has 0 aliphatic heterocycles. The first-order valence-corrected chi connectivity index (χ1v) is 12.3. The third-order valence-electron chi connectivity index (χ3n) is 5.99. The van der Waals surface area contributed by atoms with Crippen molar-refractivity contribution in [3.8, 4) is 17.0 Å². The lowest BCUT2D eigenvalue weighted by Crippen LogP contribution is -2.22. The Balaban J connectivity index is 1.57. The topological polar surface area (TPSA) is 112 Å². The summed E-state index contributed by atoms with van der Waals surface area (Å²) < 4.78 is 44.4. The van der Waals surface area contributed by atoms with E-state index in [1.165, 1.54) is 29.9 Å². The predicted octanol–water partition coefficient (Wildman–Crippen LogP) is 2.30. The number of hydrogen-bond acceptors (Lipinski definition) is 6. The Hall–Kier alpha value is -3.47. The molecule has 1 aliphatic rings. The van der Waals surface area contributed by atoms with Crippen molar-refractivity contribution < 1.29 is 17.9 Å². The number of aromatic hydroxyl groups is 1. The van der Waals surface area contributed by atoms with Gasteiger partial charge in [0, 0.05) is 31.0 Å². The number of imidazole rings is 1. The van der Waals surface area contributed by atoms with Gasteiger partial charge in [-0.1, -0.05) is 23.4 Å². The SMILES string of the molecule is Cn1c(O)cn(Cc2ccc(-c3ccc4c(nnn4CC4CC4)c3S(C)(=O)=O)cc2F)c1=O. The van der Waals surface area contributed by atoms with Crippen molar-refractivity contribution in [2.75, 3.05) is 6.26 Å². The minimum absolute atomic E-state index is 0.0124. The van der Waals surface area contributed by atoms with Gasteiger partial charge in [0.1, 0.15) is 16.2 Å². The zero-order chi connectivity index (χ0) is 23.5. The lowest BCUT2D eigenvalue weighted by Gasteiger charge is -2.11. The molecule has 0 amide bonds. The molecular weight excluding hydrogens is 449 g/mol. The van der Waals surface area contributed by atoms with Crippen LogP contribution in [0.15, 0.2) is 46.2 Å². The summed E-state index contributed by atoms with van der Waals surface area (Å²) in [4.78, 5) is 12.1. The van der Waals surface area contributed by atoms with Gasteiger partial charge in [-0.05, 0) is 36.5 Å². The molecule has 1 saturated carbocycles. The summed E-state index contributed by atoms with van der Waals surface area (Å²) in [5.41, 5.74) is 1.36. The van der Waals surface area contributed by atoms with Crippen LogP contribution in [0.2, 0.25) is 0 Å². The van der Waals surface area contributed by atoms with Gasteiger partial charge in [0.05, 0.1) is 18.3 Å². The molecule has 9 nitrogen and oxygen atoms in total. The maximum Gasteiger partial charge on any atom is 0.331 e. The number of hydrogen-bond donors (Lipinski definition) is 1. The first-order chi connectivity index (χ1) is 15.6. The maximum atomic E-state index is 15.0. The van der Waals surface area contributed by atoms with E-state index >= 15 is 0 Å². The number of benzene rings is 2. The van der Waals surface area contributed by atoms with E-state index in [0.29, 0.717) is 29.1 Å². The molecule has 0 radical (unpaired) electrons. The number of nitrogens with zero attached hydrogens (tertiary/aromatic N) is 5. The normalized spacial score (nSPS) is 14.3. The van der Waals surface area contributed by atoms with Crippen molar-refractivity contribution in [2.24, 2.45) is 13.0 Å². The van der Waals surface area contributed by atoms with Crippen LogP contribution in [0.1, 0.15) is 18.4 Å². The van der Waals surface area contributed by atoms with Gasteiger partial charge >= 0.3 is 5.69 Å². The van der Waals surface area contributed by atoms with Crippen molar-refractivity contribution >= 4 is 20.9 Å². The second-order valence-electron chi connectivity index (χ2n) is 8.56.